The predicted molar refractivity (Wildman–Crippen MR) is 72.1 cm³/mol. The first-order chi connectivity index (χ1) is 9.31. The van der Waals surface area contributed by atoms with E-state index >= 15 is 0 Å². The third-order valence-corrected chi connectivity index (χ3v) is 2.82. The number of hydrogen-bond acceptors (Lipinski definition) is 2. The second-order valence-corrected chi connectivity index (χ2v) is 4.67. The Bertz CT molecular complexity index is 429. The van der Waals surface area contributed by atoms with Crippen LogP contribution in [-0.4, -0.2) is 30.1 Å². The molecule has 0 heterocycles. The zero-order valence-electron chi connectivity index (χ0n) is 11.4. The van der Waals surface area contributed by atoms with Gasteiger partial charge < -0.3 is 10.6 Å². The Morgan fingerprint density at radius 3 is 2.35 bits per heavy atom. The average Bonchev–Trinajstić information content (AvgIpc) is 2.35. The van der Waals surface area contributed by atoms with Crippen molar-refractivity contribution in [2.75, 3.05) is 18.8 Å². The summed E-state index contributed by atoms with van der Waals surface area (Å²) in [6.45, 7) is 0.693. The Balaban J connectivity index is 2.55. The summed E-state index contributed by atoms with van der Waals surface area (Å²) in [5.74, 6) is -0.471. The van der Waals surface area contributed by atoms with Gasteiger partial charge in [0.15, 0.2) is 0 Å². The minimum atomic E-state index is -4.36. The van der Waals surface area contributed by atoms with E-state index in [4.69, 9.17) is 5.73 Å². The van der Waals surface area contributed by atoms with Crippen molar-refractivity contribution in [3.63, 3.8) is 0 Å². The van der Waals surface area contributed by atoms with Crippen molar-refractivity contribution in [2.45, 2.75) is 32.4 Å². The van der Waals surface area contributed by atoms with Gasteiger partial charge in [0.25, 0.3) is 0 Å². The molecule has 0 aliphatic heterocycles. The minimum Gasteiger partial charge on any atom is -0.399 e. The lowest BCUT2D eigenvalue weighted by Gasteiger charge is -2.23. The number of nitrogens with zero attached hydrogens (tertiary/aromatic N) is 1. The number of alkyl halides is 3. The van der Waals surface area contributed by atoms with Crippen LogP contribution >= 0.6 is 0 Å². The number of nitrogens with two attached hydrogens (primary N) is 1. The second-order valence-electron chi connectivity index (χ2n) is 4.67. The Labute approximate surface area is 116 Å². The smallest absolute Gasteiger partial charge is 0.399 e. The number of amides is 1. The maximum Gasteiger partial charge on any atom is 0.406 e. The third-order valence-electron chi connectivity index (χ3n) is 2.82. The molecular formula is C14H19F3N2O. The summed E-state index contributed by atoms with van der Waals surface area (Å²) in [6, 6.07) is 6.96. The Morgan fingerprint density at radius 2 is 1.85 bits per heavy atom. The van der Waals surface area contributed by atoms with E-state index in [-0.39, 0.29) is 13.0 Å². The summed E-state index contributed by atoms with van der Waals surface area (Å²) in [5, 5.41) is 0. The number of rotatable bonds is 6. The van der Waals surface area contributed by atoms with Crippen LogP contribution in [0.1, 0.15) is 25.3 Å². The fourth-order valence-corrected chi connectivity index (χ4v) is 1.87. The number of benzene rings is 1. The molecule has 0 unspecified atom stereocenters. The van der Waals surface area contributed by atoms with Gasteiger partial charge in [-0.15, -0.1) is 0 Å². The van der Waals surface area contributed by atoms with Crippen LogP contribution in [0.5, 0.6) is 0 Å². The number of aryl methyl sites for hydroxylation is 1. The van der Waals surface area contributed by atoms with Gasteiger partial charge in [-0.2, -0.15) is 13.2 Å². The lowest BCUT2D eigenvalue weighted by Crippen LogP contribution is -2.39. The Kier molecular flexibility index (Phi) is 5.85. The minimum absolute atomic E-state index is 0.0694. The largest absolute Gasteiger partial charge is 0.406 e. The molecule has 0 bridgehead atoms. The number of carbonyl (C=O) groups excluding carboxylic acids is 1. The van der Waals surface area contributed by atoms with Crippen molar-refractivity contribution in [2.24, 2.45) is 0 Å². The van der Waals surface area contributed by atoms with E-state index in [2.05, 4.69) is 0 Å². The molecular weight excluding hydrogens is 269 g/mol. The van der Waals surface area contributed by atoms with Crippen LogP contribution < -0.4 is 5.73 Å². The molecule has 6 heteroatoms. The van der Waals surface area contributed by atoms with Crippen molar-refractivity contribution in [1.29, 1.82) is 0 Å². The quantitative estimate of drug-likeness (QED) is 0.818. The summed E-state index contributed by atoms with van der Waals surface area (Å²) < 4.78 is 37.2. The normalized spacial score (nSPS) is 11.4. The van der Waals surface area contributed by atoms with E-state index in [1.807, 2.05) is 0 Å². The molecule has 1 amide bonds. The van der Waals surface area contributed by atoms with Crippen molar-refractivity contribution in [1.82, 2.24) is 4.90 Å². The van der Waals surface area contributed by atoms with E-state index in [1.165, 1.54) is 0 Å². The molecule has 2 N–H and O–H groups in total. The molecule has 0 saturated carbocycles. The highest BCUT2D eigenvalue weighted by atomic mass is 19.4. The highest BCUT2D eigenvalue weighted by Gasteiger charge is 2.32. The summed E-state index contributed by atoms with van der Waals surface area (Å²) in [7, 11) is 0. The molecule has 0 fully saturated rings. The van der Waals surface area contributed by atoms with Crippen molar-refractivity contribution >= 4 is 11.6 Å². The van der Waals surface area contributed by atoms with Gasteiger partial charge in [-0.05, 0) is 30.5 Å². The maximum absolute atomic E-state index is 12.4. The summed E-state index contributed by atoms with van der Waals surface area (Å²) in [4.78, 5) is 12.7. The van der Waals surface area contributed by atoms with Crippen LogP contribution in [0.3, 0.4) is 0 Å². The van der Waals surface area contributed by atoms with E-state index in [1.54, 1.807) is 31.2 Å². The van der Waals surface area contributed by atoms with Crippen LogP contribution in [0, 0.1) is 0 Å². The molecule has 1 aromatic carbocycles. The molecule has 0 saturated heterocycles. The zero-order valence-corrected chi connectivity index (χ0v) is 11.4. The van der Waals surface area contributed by atoms with Gasteiger partial charge in [-0.3, -0.25) is 4.79 Å². The molecule has 112 valence electrons. The lowest BCUT2D eigenvalue weighted by atomic mass is 10.1. The van der Waals surface area contributed by atoms with Gasteiger partial charge in [0.1, 0.15) is 6.54 Å². The Morgan fingerprint density at radius 1 is 1.25 bits per heavy atom. The van der Waals surface area contributed by atoms with Crippen molar-refractivity contribution in [3.8, 4) is 0 Å². The first kappa shape index (κ1) is 16.3. The van der Waals surface area contributed by atoms with E-state index in [9.17, 15) is 18.0 Å². The third kappa shape index (κ3) is 5.95. The molecule has 0 aliphatic rings. The van der Waals surface area contributed by atoms with E-state index in [0.717, 1.165) is 10.5 Å². The first-order valence-corrected chi connectivity index (χ1v) is 6.50. The summed E-state index contributed by atoms with van der Waals surface area (Å²) >= 11 is 0. The zero-order chi connectivity index (χ0) is 15.2. The summed E-state index contributed by atoms with van der Waals surface area (Å²) in [5.41, 5.74) is 7.04. The SMILES string of the molecule is CCCN(CC(F)(F)F)C(=O)CCc1ccc(N)cc1. The van der Waals surface area contributed by atoms with Gasteiger partial charge in [0.2, 0.25) is 5.91 Å². The lowest BCUT2D eigenvalue weighted by molar-refractivity contribution is -0.161. The number of nitrogen functional groups attached to an aromatic ring is 1. The first-order valence-electron chi connectivity index (χ1n) is 6.50. The summed E-state index contributed by atoms with van der Waals surface area (Å²) in [6.07, 6.45) is -3.37. The van der Waals surface area contributed by atoms with Crippen molar-refractivity contribution in [3.05, 3.63) is 29.8 Å². The molecule has 1 aromatic rings. The number of anilines is 1. The predicted octanol–water partition coefficient (Wildman–Crippen LogP) is 3.00. The van der Waals surface area contributed by atoms with Crippen LogP contribution in [0.2, 0.25) is 0 Å². The molecule has 0 atom stereocenters. The monoisotopic (exact) mass is 288 g/mol. The van der Waals surface area contributed by atoms with E-state index < -0.39 is 18.6 Å². The average molecular weight is 288 g/mol. The van der Waals surface area contributed by atoms with Gasteiger partial charge in [0.05, 0.1) is 0 Å². The topological polar surface area (TPSA) is 46.3 Å². The molecule has 1 rings (SSSR count). The van der Waals surface area contributed by atoms with Gasteiger partial charge in [-0.25, -0.2) is 0 Å². The molecule has 0 aromatic heterocycles. The molecule has 0 radical (unpaired) electrons. The number of hydrogen-bond donors (Lipinski definition) is 1. The maximum atomic E-state index is 12.4. The van der Waals surface area contributed by atoms with Crippen LogP contribution in [0.15, 0.2) is 24.3 Å². The molecule has 0 aliphatic carbocycles. The highest BCUT2D eigenvalue weighted by Crippen LogP contribution is 2.18. The molecule has 3 nitrogen and oxygen atoms in total. The van der Waals surface area contributed by atoms with Crippen LogP contribution in [-0.2, 0) is 11.2 Å². The van der Waals surface area contributed by atoms with E-state index in [0.29, 0.717) is 18.5 Å². The molecule has 0 spiro atoms. The Hall–Kier alpha value is -1.72. The van der Waals surface area contributed by atoms with Gasteiger partial charge >= 0.3 is 6.18 Å². The fraction of sp³-hybridized carbons (Fsp3) is 0.500. The fourth-order valence-electron chi connectivity index (χ4n) is 1.87. The highest BCUT2D eigenvalue weighted by molar-refractivity contribution is 5.76. The van der Waals surface area contributed by atoms with Crippen LogP contribution in [0.25, 0.3) is 0 Å². The van der Waals surface area contributed by atoms with Crippen molar-refractivity contribution < 1.29 is 18.0 Å². The standard InChI is InChI=1S/C14H19F3N2O/c1-2-9-19(10-14(15,16)17)13(20)8-5-11-3-6-12(18)7-4-11/h3-4,6-7H,2,5,8-10,18H2,1H3. The van der Waals surface area contributed by atoms with Gasteiger partial charge in [-0.1, -0.05) is 19.1 Å². The number of halogens is 3. The molecule has 20 heavy (non-hydrogen) atoms. The van der Waals surface area contributed by atoms with Gasteiger partial charge in [0, 0.05) is 18.7 Å². The number of carbonyl (C=O) groups is 1. The second kappa shape index (κ2) is 7.17. The van der Waals surface area contributed by atoms with Crippen LogP contribution in [0.4, 0.5) is 18.9 Å².